The molecule has 1 aliphatic heterocycles. The van der Waals surface area contributed by atoms with Crippen molar-refractivity contribution >= 4 is 22.8 Å². The van der Waals surface area contributed by atoms with Gasteiger partial charge in [-0.3, -0.25) is 4.90 Å². The van der Waals surface area contributed by atoms with Gasteiger partial charge in [0.2, 0.25) is 5.95 Å². The molecule has 1 N–H and O–H groups in total. The first-order valence-corrected chi connectivity index (χ1v) is 13.1. The number of rotatable bonds is 7. The molecule has 1 atom stereocenters. The van der Waals surface area contributed by atoms with E-state index in [1.165, 1.54) is 6.07 Å². The minimum absolute atomic E-state index is 0.00860. The van der Waals surface area contributed by atoms with E-state index in [0.717, 1.165) is 44.5 Å². The fourth-order valence-corrected chi connectivity index (χ4v) is 5.22. The van der Waals surface area contributed by atoms with Crippen molar-refractivity contribution < 1.29 is 8.78 Å². The molecule has 8 nitrogen and oxygen atoms in total. The zero-order valence-electron chi connectivity index (χ0n) is 22.5. The van der Waals surface area contributed by atoms with Gasteiger partial charge in [0.15, 0.2) is 11.6 Å². The summed E-state index contributed by atoms with van der Waals surface area (Å²) in [4.78, 5) is 22.2. The molecule has 0 unspecified atom stereocenters. The molecule has 0 radical (unpaired) electrons. The maximum absolute atomic E-state index is 15.0. The number of fused-ring (bicyclic) bond motifs is 1. The summed E-state index contributed by atoms with van der Waals surface area (Å²) < 4.78 is 31.7. The van der Waals surface area contributed by atoms with Gasteiger partial charge in [-0.25, -0.2) is 28.7 Å². The standard InChI is InChI=1S/C28H34F2N8/c1-6-36-9-10-37(18(4)15-36)16-20-7-8-25(31-13-20)34-28-32-14-23(30)26(35-28)21-11-22(29)27-24(12-21)38(17(2)3)19(5)33-27/h7-8,11-14,17-18H,6,9-10,15-16H2,1-5H3,(H,31,32,34,35)/t18-/m0/s1. The summed E-state index contributed by atoms with van der Waals surface area (Å²) in [6, 6.07) is 7.44. The molecule has 0 aliphatic carbocycles. The Hall–Kier alpha value is -3.50. The van der Waals surface area contributed by atoms with Crippen molar-refractivity contribution in [2.75, 3.05) is 31.5 Å². The van der Waals surface area contributed by atoms with Crippen molar-refractivity contribution in [1.82, 2.24) is 34.3 Å². The average molecular weight is 521 g/mol. The Kier molecular flexibility index (Phi) is 7.36. The summed E-state index contributed by atoms with van der Waals surface area (Å²) in [6.45, 7) is 15.4. The van der Waals surface area contributed by atoms with Crippen LogP contribution in [0.25, 0.3) is 22.3 Å². The fraction of sp³-hybridized carbons (Fsp3) is 0.429. The molecule has 200 valence electrons. The van der Waals surface area contributed by atoms with Crippen LogP contribution < -0.4 is 5.32 Å². The molecular formula is C28H34F2N8. The first-order chi connectivity index (χ1) is 18.2. The molecule has 0 bridgehead atoms. The lowest BCUT2D eigenvalue weighted by molar-refractivity contribution is 0.0811. The Morgan fingerprint density at radius 1 is 1.05 bits per heavy atom. The lowest BCUT2D eigenvalue weighted by atomic mass is 10.1. The lowest BCUT2D eigenvalue weighted by Crippen LogP contribution is -2.51. The van der Waals surface area contributed by atoms with Crippen molar-refractivity contribution in [2.45, 2.75) is 53.2 Å². The molecular weight excluding hydrogens is 486 g/mol. The van der Waals surface area contributed by atoms with Gasteiger partial charge in [-0.2, -0.15) is 0 Å². The largest absolute Gasteiger partial charge is 0.326 e. The molecule has 4 heterocycles. The SMILES string of the molecule is CCN1CCN(Cc2ccc(Nc3ncc(F)c(-c4cc(F)c5nc(C)n(C(C)C)c5c4)n3)nc2)[C@@H](C)C1. The molecule has 1 saturated heterocycles. The molecule has 38 heavy (non-hydrogen) atoms. The number of halogens is 2. The second-order valence-electron chi connectivity index (χ2n) is 10.2. The number of nitrogens with one attached hydrogen (secondary N) is 1. The quantitative estimate of drug-likeness (QED) is 0.353. The van der Waals surface area contributed by atoms with Crippen molar-refractivity contribution in [3.63, 3.8) is 0 Å². The average Bonchev–Trinajstić information content (AvgIpc) is 3.24. The van der Waals surface area contributed by atoms with Crippen molar-refractivity contribution in [2.24, 2.45) is 0 Å². The molecule has 0 spiro atoms. The van der Waals surface area contributed by atoms with E-state index in [4.69, 9.17) is 0 Å². The molecule has 0 amide bonds. The van der Waals surface area contributed by atoms with Crippen LogP contribution in [0.3, 0.4) is 0 Å². The Bertz CT molecular complexity index is 1430. The van der Waals surface area contributed by atoms with E-state index >= 15 is 0 Å². The second-order valence-corrected chi connectivity index (χ2v) is 10.2. The predicted octanol–water partition coefficient (Wildman–Crippen LogP) is 5.33. The number of anilines is 2. The minimum atomic E-state index is -0.637. The van der Waals surface area contributed by atoms with E-state index in [-0.39, 0.29) is 23.2 Å². The van der Waals surface area contributed by atoms with E-state index in [1.54, 1.807) is 6.07 Å². The highest BCUT2D eigenvalue weighted by molar-refractivity contribution is 5.83. The molecule has 1 fully saturated rings. The van der Waals surface area contributed by atoms with E-state index in [1.807, 2.05) is 43.7 Å². The first kappa shape index (κ1) is 26.1. The highest BCUT2D eigenvalue weighted by Crippen LogP contribution is 2.30. The number of piperazine rings is 1. The first-order valence-electron chi connectivity index (χ1n) is 13.1. The van der Waals surface area contributed by atoms with Crippen LogP contribution in [-0.4, -0.2) is 66.5 Å². The summed E-state index contributed by atoms with van der Waals surface area (Å²) in [5.74, 6) is 0.270. The number of likely N-dealkylation sites (N-methyl/N-ethyl adjacent to an activating group) is 1. The maximum atomic E-state index is 15.0. The Morgan fingerprint density at radius 3 is 2.55 bits per heavy atom. The van der Waals surface area contributed by atoms with E-state index in [2.05, 4.69) is 48.9 Å². The van der Waals surface area contributed by atoms with Crippen LogP contribution in [-0.2, 0) is 6.54 Å². The third-order valence-corrected chi connectivity index (χ3v) is 7.21. The van der Waals surface area contributed by atoms with Crippen molar-refractivity contribution in [3.05, 3.63) is 59.7 Å². The third kappa shape index (κ3) is 5.23. The lowest BCUT2D eigenvalue weighted by Gasteiger charge is -2.39. The number of aromatic nitrogens is 5. The zero-order valence-corrected chi connectivity index (χ0v) is 22.5. The van der Waals surface area contributed by atoms with E-state index in [9.17, 15) is 8.78 Å². The van der Waals surface area contributed by atoms with Gasteiger partial charge in [0.1, 0.15) is 22.9 Å². The fourth-order valence-electron chi connectivity index (χ4n) is 5.22. The highest BCUT2D eigenvalue weighted by atomic mass is 19.1. The number of hydrogen-bond acceptors (Lipinski definition) is 7. The highest BCUT2D eigenvalue weighted by Gasteiger charge is 2.23. The number of hydrogen-bond donors (Lipinski definition) is 1. The Morgan fingerprint density at radius 2 is 1.87 bits per heavy atom. The summed E-state index contributed by atoms with van der Waals surface area (Å²) in [5.41, 5.74) is 2.31. The van der Waals surface area contributed by atoms with Gasteiger partial charge in [-0.05, 0) is 58.0 Å². The van der Waals surface area contributed by atoms with Gasteiger partial charge in [0.05, 0.1) is 11.7 Å². The number of benzene rings is 1. The molecule has 5 rings (SSSR count). The summed E-state index contributed by atoms with van der Waals surface area (Å²) in [6.07, 6.45) is 2.92. The topological polar surface area (TPSA) is 75.0 Å². The monoisotopic (exact) mass is 520 g/mol. The number of imidazole rings is 1. The van der Waals surface area contributed by atoms with Crippen molar-refractivity contribution in [1.29, 1.82) is 0 Å². The number of nitrogens with zero attached hydrogens (tertiary/aromatic N) is 7. The zero-order chi connectivity index (χ0) is 27.0. The Labute approximate surface area is 221 Å². The van der Waals surface area contributed by atoms with Gasteiger partial charge in [-0.15, -0.1) is 0 Å². The van der Waals surface area contributed by atoms with E-state index in [0.29, 0.717) is 28.8 Å². The van der Waals surface area contributed by atoms with Crippen LogP contribution >= 0.6 is 0 Å². The van der Waals surface area contributed by atoms with Gasteiger partial charge < -0.3 is 14.8 Å². The summed E-state index contributed by atoms with van der Waals surface area (Å²) >= 11 is 0. The van der Waals surface area contributed by atoms with Crippen molar-refractivity contribution in [3.8, 4) is 11.3 Å². The predicted molar refractivity (Wildman–Crippen MR) is 145 cm³/mol. The smallest absolute Gasteiger partial charge is 0.229 e. The molecule has 1 aromatic carbocycles. The number of aryl methyl sites for hydroxylation is 1. The van der Waals surface area contributed by atoms with Crippen LogP contribution in [0.5, 0.6) is 0 Å². The summed E-state index contributed by atoms with van der Waals surface area (Å²) in [5, 5.41) is 3.05. The van der Waals surface area contributed by atoms with Gasteiger partial charge in [-0.1, -0.05) is 13.0 Å². The number of pyridine rings is 1. The second kappa shape index (κ2) is 10.7. The summed E-state index contributed by atoms with van der Waals surface area (Å²) in [7, 11) is 0. The minimum Gasteiger partial charge on any atom is -0.326 e. The molecule has 1 aliphatic rings. The van der Waals surface area contributed by atoms with Crippen LogP contribution in [0.15, 0.2) is 36.7 Å². The van der Waals surface area contributed by atoms with Crippen LogP contribution in [0.1, 0.15) is 45.1 Å². The maximum Gasteiger partial charge on any atom is 0.229 e. The molecule has 4 aromatic rings. The van der Waals surface area contributed by atoms with E-state index < -0.39 is 11.6 Å². The van der Waals surface area contributed by atoms with Crippen LogP contribution in [0, 0.1) is 18.6 Å². The van der Waals surface area contributed by atoms with Gasteiger partial charge in [0, 0.05) is 50.0 Å². The third-order valence-electron chi connectivity index (χ3n) is 7.21. The molecule has 3 aromatic heterocycles. The van der Waals surface area contributed by atoms with Gasteiger partial charge >= 0.3 is 0 Å². The van der Waals surface area contributed by atoms with Crippen LogP contribution in [0.4, 0.5) is 20.5 Å². The Balaban J connectivity index is 1.35. The molecule has 0 saturated carbocycles. The molecule has 10 heteroatoms. The van der Waals surface area contributed by atoms with Gasteiger partial charge in [0.25, 0.3) is 0 Å². The van der Waals surface area contributed by atoms with Crippen LogP contribution in [0.2, 0.25) is 0 Å². The normalized spacial score (nSPS) is 17.0.